The Hall–Kier alpha value is -2.50. The Morgan fingerprint density at radius 2 is 0.967 bits per heavy atom. The van der Waals surface area contributed by atoms with Crippen LogP contribution in [0, 0.1) is 0 Å². The van der Waals surface area contributed by atoms with Gasteiger partial charge in [0.15, 0.2) is 0 Å². The predicted molar refractivity (Wildman–Crippen MR) is 116 cm³/mol. The highest BCUT2D eigenvalue weighted by Gasteiger charge is 2.45. The molecule has 4 atom stereocenters. The lowest BCUT2D eigenvalue weighted by Crippen LogP contribution is -2.38. The van der Waals surface area contributed by atoms with E-state index < -0.39 is 12.2 Å². The SMILES string of the molecule is O[C@@H]1C[C@@H](OCc2ccccc2)[C@H](OCc2ccccc2)[C@@H]1OCc1ccccc1. The summed E-state index contributed by atoms with van der Waals surface area (Å²) in [5.41, 5.74) is 3.25. The van der Waals surface area contributed by atoms with Crippen LogP contribution in [0.25, 0.3) is 0 Å². The quantitative estimate of drug-likeness (QED) is 0.570. The zero-order chi connectivity index (χ0) is 20.6. The van der Waals surface area contributed by atoms with Gasteiger partial charge in [-0.2, -0.15) is 0 Å². The largest absolute Gasteiger partial charge is 0.390 e. The van der Waals surface area contributed by atoms with Gasteiger partial charge in [-0.3, -0.25) is 0 Å². The van der Waals surface area contributed by atoms with E-state index in [0.29, 0.717) is 26.2 Å². The van der Waals surface area contributed by atoms with Crippen molar-refractivity contribution in [3.8, 4) is 0 Å². The first-order chi connectivity index (χ1) is 14.8. The predicted octanol–water partition coefficient (Wildman–Crippen LogP) is 4.51. The monoisotopic (exact) mass is 404 g/mol. The molecule has 0 unspecified atom stereocenters. The molecule has 0 bridgehead atoms. The molecule has 1 fully saturated rings. The maximum atomic E-state index is 10.7. The summed E-state index contributed by atoms with van der Waals surface area (Å²) < 4.78 is 18.6. The summed E-state index contributed by atoms with van der Waals surface area (Å²) in [6, 6.07) is 30.1. The van der Waals surface area contributed by atoms with Gasteiger partial charge in [0.05, 0.1) is 32.0 Å². The van der Waals surface area contributed by atoms with Crippen LogP contribution in [0.4, 0.5) is 0 Å². The third kappa shape index (κ3) is 5.55. The number of hydrogen-bond donors (Lipinski definition) is 1. The van der Waals surface area contributed by atoms with E-state index in [-0.39, 0.29) is 12.2 Å². The van der Waals surface area contributed by atoms with E-state index in [0.717, 1.165) is 16.7 Å². The zero-order valence-electron chi connectivity index (χ0n) is 17.0. The number of aliphatic hydroxyl groups excluding tert-OH is 1. The zero-order valence-corrected chi connectivity index (χ0v) is 17.0. The molecule has 156 valence electrons. The Bertz CT molecular complexity index is 869. The van der Waals surface area contributed by atoms with Crippen LogP contribution in [0.5, 0.6) is 0 Å². The van der Waals surface area contributed by atoms with Gasteiger partial charge in [-0.1, -0.05) is 91.0 Å². The van der Waals surface area contributed by atoms with Gasteiger partial charge in [-0.15, -0.1) is 0 Å². The lowest BCUT2D eigenvalue weighted by atomic mass is 10.2. The van der Waals surface area contributed by atoms with Crippen LogP contribution in [-0.4, -0.2) is 29.5 Å². The van der Waals surface area contributed by atoms with E-state index in [9.17, 15) is 5.11 Å². The maximum Gasteiger partial charge on any atom is 0.113 e. The topological polar surface area (TPSA) is 47.9 Å². The molecule has 0 heterocycles. The Morgan fingerprint density at radius 1 is 0.567 bits per heavy atom. The second-order valence-electron chi connectivity index (χ2n) is 7.66. The van der Waals surface area contributed by atoms with Crippen LogP contribution in [0.3, 0.4) is 0 Å². The molecule has 1 aliphatic carbocycles. The van der Waals surface area contributed by atoms with Gasteiger partial charge in [0.1, 0.15) is 12.2 Å². The summed E-state index contributed by atoms with van der Waals surface area (Å²) in [5, 5.41) is 10.7. The molecule has 0 aromatic heterocycles. The lowest BCUT2D eigenvalue weighted by molar-refractivity contribution is -0.133. The van der Waals surface area contributed by atoms with Crippen LogP contribution in [-0.2, 0) is 34.0 Å². The molecule has 1 N–H and O–H groups in total. The molecule has 4 heteroatoms. The number of rotatable bonds is 9. The third-order valence-corrected chi connectivity index (χ3v) is 5.42. The number of benzene rings is 3. The average molecular weight is 405 g/mol. The Labute approximate surface area is 178 Å². The average Bonchev–Trinajstić information content (AvgIpc) is 3.11. The molecule has 1 aliphatic rings. The van der Waals surface area contributed by atoms with Crippen LogP contribution >= 0.6 is 0 Å². The third-order valence-electron chi connectivity index (χ3n) is 5.42. The van der Waals surface area contributed by atoms with E-state index in [1.165, 1.54) is 0 Å². The first kappa shape index (κ1) is 20.8. The molecular formula is C26H28O4. The van der Waals surface area contributed by atoms with E-state index in [4.69, 9.17) is 14.2 Å². The minimum atomic E-state index is -0.629. The van der Waals surface area contributed by atoms with Crippen LogP contribution in [0.1, 0.15) is 23.1 Å². The molecule has 1 saturated carbocycles. The highest BCUT2D eigenvalue weighted by Crippen LogP contribution is 2.31. The second-order valence-corrected chi connectivity index (χ2v) is 7.66. The number of aliphatic hydroxyl groups is 1. The first-order valence-electron chi connectivity index (χ1n) is 10.4. The van der Waals surface area contributed by atoms with E-state index in [1.807, 2.05) is 91.0 Å². The molecule has 4 nitrogen and oxygen atoms in total. The van der Waals surface area contributed by atoms with Crippen LogP contribution in [0.15, 0.2) is 91.0 Å². The number of ether oxygens (including phenoxy) is 3. The van der Waals surface area contributed by atoms with Crippen molar-refractivity contribution >= 4 is 0 Å². The van der Waals surface area contributed by atoms with Gasteiger partial charge in [0.2, 0.25) is 0 Å². The molecular weight excluding hydrogens is 376 g/mol. The van der Waals surface area contributed by atoms with Gasteiger partial charge >= 0.3 is 0 Å². The fraction of sp³-hybridized carbons (Fsp3) is 0.308. The van der Waals surface area contributed by atoms with Crippen molar-refractivity contribution in [3.63, 3.8) is 0 Å². The van der Waals surface area contributed by atoms with Gasteiger partial charge < -0.3 is 19.3 Å². The second kappa shape index (κ2) is 10.5. The molecule has 0 saturated heterocycles. The maximum absolute atomic E-state index is 10.7. The summed E-state index contributed by atoms with van der Waals surface area (Å²) in [7, 11) is 0. The summed E-state index contributed by atoms with van der Waals surface area (Å²) in [5.74, 6) is 0. The number of hydrogen-bond acceptors (Lipinski definition) is 4. The molecule has 3 aromatic carbocycles. The van der Waals surface area contributed by atoms with E-state index in [2.05, 4.69) is 0 Å². The van der Waals surface area contributed by atoms with Gasteiger partial charge in [0, 0.05) is 6.42 Å². The van der Waals surface area contributed by atoms with Crippen molar-refractivity contribution < 1.29 is 19.3 Å². The molecule has 0 spiro atoms. The fourth-order valence-electron chi connectivity index (χ4n) is 3.82. The summed E-state index contributed by atoms with van der Waals surface area (Å²) >= 11 is 0. The Balaban J connectivity index is 1.43. The van der Waals surface area contributed by atoms with Crippen molar-refractivity contribution in [3.05, 3.63) is 108 Å². The van der Waals surface area contributed by atoms with Gasteiger partial charge in [-0.25, -0.2) is 0 Å². The van der Waals surface area contributed by atoms with Crippen molar-refractivity contribution in [1.29, 1.82) is 0 Å². The molecule has 4 rings (SSSR count). The minimum Gasteiger partial charge on any atom is -0.390 e. The first-order valence-corrected chi connectivity index (χ1v) is 10.4. The smallest absolute Gasteiger partial charge is 0.113 e. The Kier molecular flexibility index (Phi) is 7.27. The highest BCUT2D eigenvalue weighted by atomic mass is 16.6. The summed E-state index contributed by atoms with van der Waals surface area (Å²) in [4.78, 5) is 0. The van der Waals surface area contributed by atoms with Gasteiger partial charge in [0.25, 0.3) is 0 Å². The van der Waals surface area contributed by atoms with Crippen LogP contribution in [0.2, 0.25) is 0 Å². The summed E-state index contributed by atoms with van der Waals surface area (Å²) in [6.45, 7) is 1.36. The fourth-order valence-corrected chi connectivity index (χ4v) is 3.82. The highest BCUT2D eigenvalue weighted by molar-refractivity contribution is 5.15. The van der Waals surface area contributed by atoms with Crippen molar-refractivity contribution in [2.75, 3.05) is 0 Å². The Morgan fingerprint density at radius 3 is 1.43 bits per heavy atom. The lowest BCUT2D eigenvalue weighted by Gasteiger charge is -2.26. The molecule has 30 heavy (non-hydrogen) atoms. The molecule has 3 aromatic rings. The molecule has 0 amide bonds. The van der Waals surface area contributed by atoms with Gasteiger partial charge in [-0.05, 0) is 16.7 Å². The van der Waals surface area contributed by atoms with E-state index >= 15 is 0 Å². The molecule has 0 aliphatic heterocycles. The van der Waals surface area contributed by atoms with Crippen molar-refractivity contribution in [2.24, 2.45) is 0 Å². The standard InChI is InChI=1S/C26H28O4/c27-23-16-24(28-17-20-10-4-1-5-11-20)26(30-19-22-14-8-3-9-15-22)25(23)29-18-21-12-6-2-7-13-21/h1-15,23-27H,16-19H2/t23-,24-,25-,26+/m1/s1. The normalized spacial score (nSPS) is 23.5. The molecule has 0 radical (unpaired) electrons. The minimum absolute atomic E-state index is 0.232. The summed E-state index contributed by atoms with van der Waals surface area (Å²) in [6.07, 6.45) is -1.14. The van der Waals surface area contributed by atoms with Crippen LogP contribution < -0.4 is 0 Å². The van der Waals surface area contributed by atoms with E-state index in [1.54, 1.807) is 0 Å². The van der Waals surface area contributed by atoms with Crippen molar-refractivity contribution in [2.45, 2.75) is 50.7 Å². The van der Waals surface area contributed by atoms with Crippen molar-refractivity contribution in [1.82, 2.24) is 0 Å².